The molecule has 0 spiro atoms. The lowest BCUT2D eigenvalue weighted by atomic mass is 9.89. The number of carbonyl (C=O) groups is 3. The quantitative estimate of drug-likeness (QED) is 0.545. The lowest BCUT2D eigenvalue weighted by molar-refractivity contribution is -0.146. The highest BCUT2D eigenvalue weighted by atomic mass is 16.6. The van der Waals surface area contributed by atoms with Crippen LogP contribution in [0.15, 0.2) is 36.5 Å². The van der Waals surface area contributed by atoms with Gasteiger partial charge in [0.05, 0.1) is 17.9 Å². The average molecular weight is 482 g/mol. The molecule has 2 heterocycles. The summed E-state index contributed by atoms with van der Waals surface area (Å²) in [6.45, 7) is 9.65. The van der Waals surface area contributed by atoms with Crippen molar-refractivity contribution in [1.29, 1.82) is 0 Å². The molecule has 0 bridgehead atoms. The van der Waals surface area contributed by atoms with Crippen LogP contribution >= 0.6 is 0 Å². The smallest absolute Gasteiger partial charge is 0.413 e. The first kappa shape index (κ1) is 26.0. The maximum Gasteiger partial charge on any atom is 0.413 e. The van der Waals surface area contributed by atoms with Crippen LogP contribution in [0.1, 0.15) is 57.7 Å². The first-order chi connectivity index (χ1) is 16.5. The Morgan fingerprint density at radius 1 is 1.09 bits per heavy atom. The van der Waals surface area contributed by atoms with E-state index < -0.39 is 23.5 Å². The van der Waals surface area contributed by atoms with Crippen LogP contribution in [0.4, 0.5) is 22.0 Å². The molecular weight excluding hydrogens is 446 g/mol. The highest BCUT2D eigenvalue weighted by Crippen LogP contribution is 2.34. The van der Waals surface area contributed by atoms with Crippen LogP contribution in [0.25, 0.3) is 0 Å². The Kier molecular flexibility index (Phi) is 7.99. The number of anilines is 3. The van der Waals surface area contributed by atoms with Crippen LogP contribution in [0, 0.1) is 12.8 Å². The molecule has 3 amide bonds. The van der Waals surface area contributed by atoms with Gasteiger partial charge in [-0.3, -0.25) is 14.9 Å². The molecule has 0 radical (unpaired) electrons. The Labute approximate surface area is 206 Å². The summed E-state index contributed by atoms with van der Waals surface area (Å²) in [5.74, 6) is -0.677. The highest BCUT2D eigenvalue weighted by molar-refractivity contribution is 6.39. The third-order valence-electron chi connectivity index (χ3n) is 5.79. The number of amides is 3. The van der Waals surface area contributed by atoms with Gasteiger partial charge in [-0.25, -0.2) is 9.78 Å². The Morgan fingerprint density at radius 3 is 2.49 bits per heavy atom. The number of carbonyl (C=O) groups excluding carboxylic acids is 3. The zero-order valence-corrected chi connectivity index (χ0v) is 21.3. The maximum absolute atomic E-state index is 13.2. The van der Waals surface area contributed by atoms with E-state index in [9.17, 15) is 14.4 Å². The number of hydrogen-bond donors (Lipinski definition) is 3. The minimum Gasteiger partial charge on any atom is -0.444 e. The predicted molar refractivity (Wildman–Crippen MR) is 136 cm³/mol. The van der Waals surface area contributed by atoms with E-state index in [-0.39, 0.29) is 6.04 Å². The molecule has 1 aliphatic heterocycles. The van der Waals surface area contributed by atoms with Crippen molar-refractivity contribution in [3.8, 4) is 0 Å². The molecule has 0 saturated carbocycles. The molecular formula is C26H35N5O4. The Balaban J connectivity index is 1.71. The molecule has 2 atom stereocenters. The summed E-state index contributed by atoms with van der Waals surface area (Å²) in [5, 5.41) is 8.38. The van der Waals surface area contributed by atoms with Crippen LogP contribution in [0.5, 0.6) is 0 Å². The van der Waals surface area contributed by atoms with Gasteiger partial charge in [0.2, 0.25) is 0 Å². The molecule has 3 N–H and O–H groups in total. The van der Waals surface area contributed by atoms with Crippen molar-refractivity contribution in [2.45, 2.75) is 59.1 Å². The maximum atomic E-state index is 13.2. The van der Waals surface area contributed by atoms with Gasteiger partial charge in [-0.2, -0.15) is 0 Å². The van der Waals surface area contributed by atoms with E-state index in [0.717, 1.165) is 24.1 Å². The summed E-state index contributed by atoms with van der Waals surface area (Å²) < 4.78 is 5.25. The number of nitrogens with zero attached hydrogens (tertiary/aromatic N) is 2. The molecule has 0 aliphatic carbocycles. The van der Waals surface area contributed by atoms with Crippen LogP contribution in [0.2, 0.25) is 0 Å². The van der Waals surface area contributed by atoms with Gasteiger partial charge in [-0.05, 0) is 75.8 Å². The number of ether oxygens (including phenoxy) is 1. The molecule has 2 aromatic rings. The van der Waals surface area contributed by atoms with Crippen LogP contribution in [0.3, 0.4) is 0 Å². The normalized spacial score (nSPS) is 17.9. The molecule has 1 fully saturated rings. The number of hydrogen-bond acceptors (Lipinski definition) is 6. The molecule has 9 nitrogen and oxygen atoms in total. The molecule has 0 unspecified atom stereocenters. The molecule has 188 valence electrons. The summed E-state index contributed by atoms with van der Waals surface area (Å²) in [6.07, 6.45) is 2.55. The molecule has 1 aromatic heterocycles. The van der Waals surface area contributed by atoms with Crippen molar-refractivity contribution in [2.24, 2.45) is 5.92 Å². The summed E-state index contributed by atoms with van der Waals surface area (Å²) in [5.41, 5.74) is 2.31. The third kappa shape index (κ3) is 6.94. The number of likely N-dealkylation sites (tertiary alicyclic amines) is 1. The van der Waals surface area contributed by atoms with Gasteiger partial charge in [0.25, 0.3) is 0 Å². The van der Waals surface area contributed by atoms with Crippen molar-refractivity contribution in [3.05, 3.63) is 47.7 Å². The van der Waals surface area contributed by atoms with Gasteiger partial charge in [-0.1, -0.05) is 19.1 Å². The zero-order valence-electron chi connectivity index (χ0n) is 21.3. The second kappa shape index (κ2) is 10.8. The van der Waals surface area contributed by atoms with E-state index in [2.05, 4.69) is 27.9 Å². The summed E-state index contributed by atoms with van der Waals surface area (Å²) >= 11 is 0. The number of benzene rings is 1. The number of aromatic nitrogens is 1. The first-order valence-electron chi connectivity index (χ1n) is 11.8. The fourth-order valence-corrected chi connectivity index (χ4v) is 4.11. The molecule has 9 heteroatoms. The Hall–Kier alpha value is -3.62. The van der Waals surface area contributed by atoms with Gasteiger partial charge >= 0.3 is 17.9 Å². The molecule has 1 saturated heterocycles. The fraction of sp³-hybridized carbons (Fsp3) is 0.462. The van der Waals surface area contributed by atoms with Crippen molar-refractivity contribution >= 4 is 35.1 Å². The van der Waals surface area contributed by atoms with Crippen LogP contribution < -0.4 is 16.0 Å². The highest BCUT2D eigenvalue weighted by Gasteiger charge is 2.34. The Bertz CT molecular complexity index is 1100. The third-order valence-corrected chi connectivity index (χ3v) is 5.79. The van der Waals surface area contributed by atoms with E-state index >= 15 is 0 Å². The minimum absolute atomic E-state index is 0.169. The standard InChI is InChI=1S/C26H35N5O4/c1-16-10-11-21(18-8-7-9-19(13-18)27-6)31(15-16)24(33)23(32)29-20-12-17(2)22(28-14-20)30-25(34)35-26(3,4)5/h7-9,12-14,16,21,27H,10-11,15H2,1-6H3,(H,29,32)(H,28,30,34)/t16-,21+/m1/s1. The van der Waals surface area contributed by atoms with Crippen molar-refractivity contribution in [1.82, 2.24) is 9.88 Å². The van der Waals surface area contributed by atoms with E-state index in [1.165, 1.54) is 6.20 Å². The van der Waals surface area contributed by atoms with Crippen molar-refractivity contribution in [2.75, 3.05) is 29.5 Å². The number of nitrogens with one attached hydrogen (secondary N) is 3. The average Bonchev–Trinajstić information content (AvgIpc) is 2.79. The fourth-order valence-electron chi connectivity index (χ4n) is 4.11. The van der Waals surface area contributed by atoms with E-state index in [1.807, 2.05) is 31.3 Å². The molecule has 1 aromatic carbocycles. The van der Waals surface area contributed by atoms with E-state index in [1.54, 1.807) is 38.7 Å². The largest absolute Gasteiger partial charge is 0.444 e. The number of aryl methyl sites for hydroxylation is 1. The first-order valence-corrected chi connectivity index (χ1v) is 11.8. The Morgan fingerprint density at radius 2 is 1.83 bits per heavy atom. The summed E-state index contributed by atoms with van der Waals surface area (Å²) in [4.78, 5) is 44.0. The van der Waals surface area contributed by atoms with Gasteiger partial charge in [0.15, 0.2) is 0 Å². The number of piperidine rings is 1. The second-order valence-corrected chi connectivity index (χ2v) is 10.0. The second-order valence-electron chi connectivity index (χ2n) is 10.0. The predicted octanol–water partition coefficient (Wildman–Crippen LogP) is 4.72. The summed E-state index contributed by atoms with van der Waals surface area (Å²) in [6, 6.07) is 9.40. The number of rotatable bonds is 4. The summed E-state index contributed by atoms with van der Waals surface area (Å²) in [7, 11) is 1.85. The van der Waals surface area contributed by atoms with Gasteiger partial charge in [0, 0.05) is 19.3 Å². The van der Waals surface area contributed by atoms with Crippen molar-refractivity contribution < 1.29 is 19.1 Å². The van der Waals surface area contributed by atoms with Gasteiger partial charge < -0.3 is 20.3 Å². The SMILES string of the molecule is CNc1cccc([C@@H]2CC[C@@H](C)CN2C(=O)C(=O)Nc2cnc(NC(=O)OC(C)(C)C)c(C)c2)c1. The zero-order chi connectivity index (χ0) is 25.8. The van der Waals surface area contributed by atoms with Gasteiger partial charge in [0.1, 0.15) is 11.4 Å². The lowest BCUT2D eigenvalue weighted by Gasteiger charge is -2.38. The monoisotopic (exact) mass is 481 g/mol. The van der Waals surface area contributed by atoms with Gasteiger partial charge in [-0.15, -0.1) is 0 Å². The lowest BCUT2D eigenvalue weighted by Crippen LogP contribution is -2.46. The van der Waals surface area contributed by atoms with E-state index in [4.69, 9.17) is 4.74 Å². The molecule has 35 heavy (non-hydrogen) atoms. The molecule has 1 aliphatic rings. The van der Waals surface area contributed by atoms with E-state index in [0.29, 0.717) is 29.5 Å². The number of pyridine rings is 1. The minimum atomic E-state index is -0.720. The van der Waals surface area contributed by atoms with Crippen molar-refractivity contribution in [3.63, 3.8) is 0 Å². The van der Waals surface area contributed by atoms with Crippen LogP contribution in [-0.2, 0) is 14.3 Å². The van der Waals surface area contributed by atoms with Crippen LogP contribution in [-0.4, -0.2) is 47.0 Å². The molecule has 3 rings (SSSR count). The topological polar surface area (TPSA) is 113 Å².